The van der Waals surface area contributed by atoms with Gasteiger partial charge in [-0.2, -0.15) is 0 Å². The molecule has 1 rings (SSSR count). The number of hydrogen-bond donors (Lipinski definition) is 1. The fourth-order valence-electron chi connectivity index (χ4n) is 1.23. The summed E-state index contributed by atoms with van der Waals surface area (Å²) in [5.41, 5.74) is 4.91. The van der Waals surface area contributed by atoms with Gasteiger partial charge in [0.05, 0.1) is 13.1 Å². The SMILES string of the molecule is NCC(F)(F)CN1CCS(=O)CC1. The molecule has 1 aliphatic heterocycles. The van der Waals surface area contributed by atoms with Crippen LogP contribution in [0.1, 0.15) is 0 Å². The van der Waals surface area contributed by atoms with Crippen molar-refractivity contribution < 1.29 is 13.0 Å². The molecule has 0 radical (unpaired) electrons. The first-order valence-electron chi connectivity index (χ1n) is 4.19. The first-order chi connectivity index (χ1) is 6.03. The molecule has 1 aliphatic rings. The third-order valence-corrected chi connectivity index (χ3v) is 3.30. The Kier molecular flexibility index (Phi) is 3.75. The molecule has 6 heteroatoms. The molecule has 0 aromatic heterocycles. The van der Waals surface area contributed by atoms with Crippen molar-refractivity contribution >= 4 is 10.8 Å². The Labute approximate surface area is 78.7 Å². The predicted octanol–water partition coefficient (Wildman–Crippen LogP) is -0.355. The van der Waals surface area contributed by atoms with E-state index in [0.29, 0.717) is 24.6 Å². The highest BCUT2D eigenvalue weighted by Gasteiger charge is 2.30. The lowest BCUT2D eigenvalue weighted by molar-refractivity contribution is -0.0213. The molecule has 1 fully saturated rings. The summed E-state index contributed by atoms with van der Waals surface area (Å²) in [5.74, 6) is -1.81. The van der Waals surface area contributed by atoms with E-state index in [2.05, 4.69) is 0 Å². The predicted molar refractivity (Wildman–Crippen MR) is 48.3 cm³/mol. The quantitative estimate of drug-likeness (QED) is 0.695. The van der Waals surface area contributed by atoms with Gasteiger partial charge in [-0.05, 0) is 0 Å². The monoisotopic (exact) mass is 212 g/mol. The molecule has 0 aromatic carbocycles. The first kappa shape index (κ1) is 11.0. The molecule has 0 aliphatic carbocycles. The molecule has 0 atom stereocenters. The maximum absolute atomic E-state index is 12.8. The Hall–Kier alpha value is -0.0700. The maximum Gasteiger partial charge on any atom is 0.272 e. The van der Waals surface area contributed by atoms with Gasteiger partial charge in [0.2, 0.25) is 0 Å². The Morgan fingerprint density at radius 3 is 2.38 bits per heavy atom. The lowest BCUT2D eigenvalue weighted by Gasteiger charge is -2.29. The normalized spacial score (nSPS) is 22.1. The fourth-order valence-corrected chi connectivity index (χ4v) is 2.35. The lowest BCUT2D eigenvalue weighted by atomic mass is 10.3. The molecule has 0 amide bonds. The number of halogens is 2. The van der Waals surface area contributed by atoms with Gasteiger partial charge in [0, 0.05) is 35.4 Å². The third-order valence-electron chi connectivity index (χ3n) is 2.02. The van der Waals surface area contributed by atoms with Crippen LogP contribution < -0.4 is 5.73 Å². The van der Waals surface area contributed by atoms with E-state index in [4.69, 9.17) is 5.73 Å². The van der Waals surface area contributed by atoms with E-state index in [-0.39, 0.29) is 6.54 Å². The Bertz CT molecular complexity index is 191. The highest BCUT2D eigenvalue weighted by atomic mass is 32.2. The Morgan fingerprint density at radius 2 is 1.92 bits per heavy atom. The Morgan fingerprint density at radius 1 is 1.38 bits per heavy atom. The van der Waals surface area contributed by atoms with Crippen molar-refractivity contribution in [1.82, 2.24) is 4.90 Å². The minimum Gasteiger partial charge on any atom is -0.325 e. The average molecular weight is 212 g/mol. The minimum atomic E-state index is -2.81. The summed E-state index contributed by atoms with van der Waals surface area (Å²) in [4.78, 5) is 1.62. The smallest absolute Gasteiger partial charge is 0.272 e. The number of nitrogens with zero attached hydrogens (tertiary/aromatic N) is 1. The standard InChI is InChI=1S/C7H14F2N2OS/c8-7(9,5-10)6-11-1-3-13(12)4-2-11/h1-6,10H2. The summed E-state index contributed by atoms with van der Waals surface area (Å²) >= 11 is 0. The van der Waals surface area contributed by atoms with Crippen molar-refractivity contribution in [2.75, 3.05) is 37.7 Å². The fraction of sp³-hybridized carbons (Fsp3) is 1.00. The van der Waals surface area contributed by atoms with E-state index in [0.717, 1.165) is 0 Å². The molecule has 0 spiro atoms. The third kappa shape index (κ3) is 3.66. The van der Waals surface area contributed by atoms with Crippen molar-refractivity contribution in [2.24, 2.45) is 5.73 Å². The van der Waals surface area contributed by atoms with Crippen LogP contribution in [0.2, 0.25) is 0 Å². The number of nitrogens with two attached hydrogens (primary N) is 1. The van der Waals surface area contributed by atoms with Crippen LogP contribution in [-0.2, 0) is 10.8 Å². The van der Waals surface area contributed by atoms with Crippen LogP contribution in [0.4, 0.5) is 8.78 Å². The van der Waals surface area contributed by atoms with Crippen molar-refractivity contribution in [2.45, 2.75) is 5.92 Å². The second kappa shape index (κ2) is 4.43. The van der Waals surface area contributed by atoms with Crippen LogP contribution in [0.15, 0.2) is 0 Å². The van der Waals surface area contributed by atoms with Crippen molar-refractivity contribution in [3.05, 3.63) is 0 Å². The second-order valence-corrected chi connectivity index (χ2v) is 4.88. The zero-order valence-corrected chi connectivity index (χ0v) is 8.16. The van der Waals surface area contributed by atoms with Gasteiger partial charge in [-0.15, -0.1) is 0 Å². The highest BCUT2D eigenvalue weighted by Crippen LogP contribution is 2.14. The van der Waals surface area contributed by atoms with Gasteiger partial charge < -0.3 is 5.73 Å². The largest absolute Gasteiger partial charge is 0.325 e. The summed E-state index contributed by atoms with van der Waals surface area (Å²) in [6.45, 7) is 0.0533. The summed E-state index contributed by atoms with van der Waals surface area (Å²) in [6, 6.07) is 0. The van der Waals surface area contributed by atoms with Gasteiger partial charge in [0.25, 0.3) is 5.92 Å². The van der Waals surface area contributed by atoms with E-state index in [1.165, 1.54) is 0 Å². The van der Waals surface area contributed by atoms with Gasteiger partial charge in [0.1, 0.15) is 0 Å². The van der Waals surface area contributed by atoms with Crippen molar-refractivity contribution in [3.63, 3.8) is 0 Å². The van der Waals surface area contributed by atoms with E-state index in [9.17, 15) is 13.0 Å². The number of hydrogen-bond acceptors (Lipinski definition) is 3. The van der Waals surface area contributed by atoms with E-state index < -0.39 is 23.3 Å². The van der Waals surface area contributed by atoms with Crippen molar-refractivity contribution in [1.29, 1.82) is 0 Å². The molecule has 0 unspecified atom stereocenters. The van der Waals surface area contributed by atoms with Gasteiger partial charge >= 0.3 is 0 Å². The van der Waals surface area contributed by atoms with Crippen LogP contribution in [0, 0.1) is 0 Å². The zero-order valence-electron chi connectivity index (χ0n) is 7.34. The molecule has 13 heavy (non-hydrogen) atoms. The first-order valence-corrected chi connectivity index (χ1v) is 5.67. The zero-order chi connectivity index (χ0) is 9.90. The van der Waals surface area contributed by atoms with Crippen LogP contribution >= 0.6 is 0 Å². The molecule has 0 bridgehead atoms. The molecular formula is C7H14F2N2OS. The van der Waals surface area contributed by atoms with Crippen LogP contribution in [0.5, 0.6) is 0 Å². The maximum atomic E-state index is 12.8. The highest BCUT2D eigenvalue weighted by molar-refractivity contribution is 7.85. The van der Waals surface area contributed by atoms with Gasteiger partial charge in [-0.25, -0.2) is 8.78 Å². The number of alkyl halides is 2. The Balaban J connectivity index is 2.34. The van der Waals surface area contributed by atoms with Gasteiger partial charge in [-0.3, -0.25) is 9.11 Å². The van der Waals surface area contributed by atoms with E-state index >= 15 is 0 Å². The van der Waals surface area contributed by atoms with Gasteiger partial charge in [0.15, 0.2) is 0 Å². The van der Waals surface area contributed by atoms with E-state index in [1.807, 2.05) is 0 Å². The molecule has 0 saturated carbocycles. The second-order valence-electron chi connectivity index (χ2n) is 3.18. The topological polar surface area (TPSA) is 46.3 Å². The van der Waals surface area contributed by atoms with Crippen LogP contribution in [0.25, 0.3) is 0 Å². The average Bonchev–Trinajstić information content (AvgIpc) is 2.09. The minimum absolute atomic E-state index is 0.305. The molecule has 1 saturated heterocycles. The molecule has 78 valence electrons. The van der Waals surface area contributed by atoms with Gasteiger partial charge in [-0.1, -0.05) is 0 Å². The van der Waals surface area contributed by atoms with Crippen LogP contribution in [-0.4, -0.2) is 52.7 Å². The summed E-state index contributed by atoms with van der Waals surface area (Å²) < 4.78 is 36.5. The van der Waals surface area contributed by atoms with Crippen molar-refractivity contribution in [3.8, 4) is 0 Å². The number of rotatable bonds is 3. The van der Waals surface area contributed by atoms with E-state index in [1.54, 1.807) is 4.90 Å². The molecule has 2 N–H and O–H groups in total. The van der Waals surface area contributed by atoms with Crippen LogP contribution in [0.3, 0.4) is 0 Å². The summed E-state index contributed by atoms with van der Waals surface area (Å²) in [6.07, 6.45) is 0. The summed E-state index contributed by atoms with van der Waals surface area (Å²) in [7, 11) is -0.809. The molecular weight excluding hydrogens is 198 g/mol. The molecule has 0 aromatic rings. The molecule has 3 nitrogen and oxygen atoms in total. The molecule has 1 heterocycles. The lowest BCUT2D eigenvalue weighted by Crippen LogP contribution is -2.46. The summed E-state index contributed by atoms with van der Waals surface area (Å²) in [5, 5.41) is 0.